The van der Waals surface area contributed by atoms with Gasteiger partial charge in [-0.15, -0.1) is 0 Å². The first kappa shape index (κ1) is 18.0. The lowest BCUT2D eigenvalue weighted by Gasteiger charge is -2.38. The fraction of sp³-hybridized carbons (Fsp3) is 0.444. The molecule has 0 radical (unpaired) electrons. The maximum atomic E-state index is 12.8. The number of sulfonamides is 1. The summed E-state index contributed by atoms with van der Waals surface area (Å²) in [7, 11) is -1.74. The zero-order valence-corrected chi connectivity index (χ0v) is 16.4. The van der Waals surface area contributed by atoms with Gasteiger partial charge in [0, 0.05) is 50.0 Å². The number of piperidine rings is 1. The molecule has 0 aliphatic carbocycles. The number of hydrogen-bond acceptors (Lipinski definition) is 5. The number of H-pyrrole nitrogens is 1. The second-order valence-corrected chi connectivity index (χ2v) is 8.85. The molecule has 0 bridgehead atoms. The van der Waals surface area contributed by atoms with E-state index in [0.717, 1.165) is 36.0 Å². The van der Waals surface area contributed by atoms with Crippen molar-refractivity contribution in [2.75, 3.05) is 24.5 Å². The van der Waals surface area contributed by atoms with Crippen LogP contribution in [0.15, 0.2) is 41.7 Å². The van der Waals surface area contributed by atoms with Crippen LogP contribution >= 0.6 is 0 Å². The number of hydrogen-bond donors (Lipinski definition) is 1. The molecule has 1 aliphatic heterocycles. The predicted octanol–water partition coefficient (Wildman–Crippen LogP) is 1.98. The molecule has 144 valence electrons. The molecule has 1 N–H and O–H groups in total. The number of rotatable bonds is 5. The minimum absolute atomic E-state index is 0.265. The Kier molecular flexibility index (Phi) is 4.65. The zero-order valence-electron chi connectivity index (χ0n) is 15.5. The van der Waals surface area contributed by atoms with Crippen LogP contribution in [0.2, 0.25) is 0 Å². The number of benzene rings is 1. The Morgan fingerprint density at radius 1 is 1.26 bits per heavy atom. The number of aryl methyl sites for hydroxylation is 1. The van der Waals surface area contributed by atoms with Crippen molar-refractivity contribution in [3.8, 4) is 0 Å². The lowest BCUT2D eigenvalue weighted by atomic mass is 10.0. The lowest BCUT2D eigenvalue weighted by molar-refractivity contribution is 0.311. The molecule has 1 aliphatic rings. The molecule has 27 heavy (non-hydrogen) atoms. The Morgan fingerprint density at radius 2 is 2.04 bits per heavy atom. The highest BCUT2D eigenvalue weighted by molar-refractivity contribution is 7.89. The predicted molar refractivity (Wildman–Crippen MR) is 104 cm³/mol. The maximum Gasteiger partial charge on any atom is 0.246 e. The van der Waals surface area contributed by atoms with E-state index < -0.39 is 10.0 Å². The molecular formula is C18H24N6O2S. The van der Waals surface area contributed by atoms with Gasteiger partial charge >= 0.3 is 0 Å². The van der Waals surface area contributed by atoms with E-state index in [1.165, 1.54) is 10.9 Å². The third kappa shape index (κ3) is 3.32. The molecule has 3 heterocycles. The van der Waals surface area contributed by atoms with Gasteiger partial charge in [-0.05, 0) is 38.0 Å². The van der Waals surface area contributed by atoms with Gasteiger partial charge in [0.25, 0.3) is 0 Å². The van der Waals surface area contributed by atoms with Crippen molar-refractivity contribution >= 4 is 26.6 Å². The van der Waals surface area contributed by atoms with Crippen LogP contribution in [0.4, 0.5) is 5.69 Å². The Balaban J connectivity index is 1.49. The number of aromatic amines is 1. The number of nitrogens with one attached hydrogen (secondary N) is 1. The van der Waals surface area contributed by atoms with Crippen LogP contribution in [0.3, 0.4) is 0 Å². The minimum Gasteiger partial charge on any atom is -0.369 e. The van der Waals surface area contributed by atoms with Crippen LogP contribution in [0.25, 0.3) is 10.9 Å². The first-order valence-electron chi connectivity index (χ1n) is 9.17. The van der Waals surface area contributed by atoms with Gasteiger partial charge < -0.3 is 4.90 Å². The molecule has 1 aromatic carbocycles. The van der Waals surface area contributed by atoms with Gasteiger partial charge in [0.15, 0.2) is 0 Å². The molecule has 0 unspecified atom stereocenters. The smallest absolute Gasteiger partial charge is 0.246 e. The summed E-state index contributed by atoms with van der Waals surface area (Å²) >= 11 is 0. The van der Waals surface area contributed by atoms with E-state index in [0.29, 0.717) is 19.1 Å². The van der Waals surface area contributed by atoms with Crippen LogP contribution in [0.1, 0.15) is 19.8 Å². The van der Waals surface area contributed by atoms with E-state index in [4.69, 9.17) is 0 Å². The van der Waals surface area contributed by atoms with Crippen molar-refractivity contribution in [2.24, 2.45) is 7.05 Å². The molecule has 8 nitrogen and oxygen atoms in total. The van der Waals surface area contributed by atoms with E-state index in [2.05, 4.69) is 39.3 Å². The highest BCUT2D eigenvalue weighted by atomic mass is 32.2. The molecule has 2 aromatic heterocycles. The summed E-state index contributed by atoms with van der Waals surface area (Å²) in [5.41, 5.74) is 2.17. The molecule has 0 saturated carbocycles. The summed E-state index contributed by atoms with van der Waals surface area (Å²) in [6.07, 6.45) is 6.41. The van der Waals surface area contributed by atoms with Crippen molar-refractivity contribution < 1.29 is 8.42 Å². The Morgan fingerprint density at radius 3 is 2.70 bits per heavy atom. The van der Waals surface area contributed by atoms with Crippen LogP contribution in [0, 0.1) is 0 Å². The highest BCUT2D eigenvalue weighted by Gasteiger charge is 2.32. The SMILES string of the molecule is CCN(c1ccc2[nH]ncc2c1)C1CCN(S(=O)(=O)c2cnn(C)c2)CC1. The molecule has 9 heteroatoms. The van der Waals surface area contributed by atoms with Gasteiger partial charge in [0.2, 0.25) is 10.0 Å². The second-order valence-electron chi connectivity index (χ2n) is 6.91. The summed E-state index contributed by atoms with van der Waals surface area (Å²) in [5, 5.41) is 12.1. The zero-order chi connectivity index (χ0) is 19.0. The summed E-state index contributed by atoms with van der Waals surface area (Å²) in [4.78, 5) is 2.63. The molecule has 1 saturated heterocycles. The van der Waals surface area contributed by atoms with Gasteiger partial charge in [-0.25, -0.2) is 8.42 Å². The van der Waals surface area contributed by atoms with Gasteiger partial charge in [-0.1, -0.05) is 0 Å². The fourth-order valence-electron chi connectivity index (χ4n) is 3.84. The van der Waals surface area contributed by atoms with E-state index >= 15 is 0 Å². The Bertz CT molecular complexity index is 1030. The number of nitrogens with zero attached hydrogens (tertiary/aromatic N) is 5. The number of aromatic nitrogens is 4. The van der Waals surface area contributed by atoms with E-state index in [1.807, 2.05) is 12.3 Å². The van der Waals surface area contributed by atoms with E-state index in [-0.39, 0.29) is 4.90 Å². The van der Waals surface area contributed by atoms with Gasteiger partial charge in [-0.2, -0.15) is 14.5 Å². The summed E-state index contributed by atoms with van der Waals surface area (Å²) in [5.74, 6) is 0. The molecule has 1 fully saturated rings. The van der Waals surface area contributed by atoms with Crippen LogP contribution in [0.5, 0.6) is 0 Å². The van der Waals surface area contributed by atoms with Crippen LogP contribution < -0.4 is 4.90 Å². The Hall–Kier alpha value is -2.39. The summed E-state index contributed by atoms with van der Waals surface area (Å²) in [6.45, 7) is 4.06. The molecule has 0 amide bonds. The first-order chi connectivity index (χ1) is 13.0. The van der Waals surface area contributed by atoms with Crippen molar-refractivity contribution in [3.63, 3.8) is 0 Å². The van der Waals surface area contributed by atoms with Gasteiger partial charge in [0.05, 0.1) is 17.9 Å². The van der Waals surface area contributed by atoms with Gasteiger partial charge in [0.1, 0.15) is 4.90 Å². The summed E-state index contributed by atoms with van der Waals surface area (Å²) in [6, 6.07) is 6.60. The highest BCUT2D eigenvalue weighted by Crippen LogP contribution is 2.28. The van der Waals surface area contributed by atoms with E-state index in [1.54, 1.807) is 17.5 Å². The van der Waals surface area contributed by atoms with Crippen molar-refractivity contribution in [1.29, 1.82) is 0 Å². The average molecular weight is 388 g/mol. The monoisotopic (exact) mass is 388 g/mol. The fourth-order valence-corrected chi connectivity index (χ4v) is 5.29. The van der Waals surface area contributed by atoms with Gasteiger partial charge in [-0.3, -0.25) is 9.78 Å². The molecule has 0 spiro atoms. The minimum atomic E-state index is -3.46. The van der Waals surface area contributed by atoms with Crippen LogP contribution in [-0.2, 0) is 17.1 Å². The maximum absolute atomic E-state index is 12.8. The molecule has 4 rings (SSSR count). The number of anilines is 1. The first-order valence-corrected chi connectivity index (χ1v) is 10.6. The molecule has 0 atom stereocenters. The van der Waals surface area contributed by atoms with Crippen molar-refractivity contribution in [2.45, 2.75) is 30.7 Å². The molecule has 3 aromatic rings. The standard InChI is InChI=1S/C18H24N6O2S/c1-3-24(16-4-5-18-14(10-16)11-19-21-18)15-6-8-23(9-7-15)27(25,26)17-12-20-22(2)13-17/h4-5,10-13,15H,3,6-9H2,1-2H3,(H,19,21). The van der Waals surface area contributed by atoms with Crippen molar-refractivity contribution in [3.05, 3.63) is 36.8 Å². The second kappa shape index (κ2) is 6.97. The lowest BCUT2D eigenvalue weighted by Crippen LogP contribution is -2.46. The summed E-state index contributed by atoms with van der Waals surface area (Å²) < 4.78 is 28.7. The van der Waals surface area contributed by atoms with Crippen LogP contribution in [-0.4, -0.2) is 58.4 Å². The average Bonchev–Trinajstić information content (AvgIpc) is 3.31. The third-order valence-electron chi connectivity index (χ3n) is 5.28. The normalized spacial score (nSPS) is 16.8. The quantitative estimate of drug-likeness (QED) is 0.722. The van der Waals surface area contributed by atoms with Crippen molar-refractivity contribution in [1.82, 2.24) is 24.3 Å². The molecular weight excluding hydrogens is 364 g/mol. The van der Waals surface area contributed by atoms with E-state index in [9.17, 15) is 8.42 Å². The topological polar surface area (TPSA) is 87.1 Å². The number of fused-ring (bicyclic) bond motifs is 1. The largest absolute Gasteiger partial charge is 0.369 e. The Labute approximate surface area is 158 Å². The third-order valence-corrected chi connectivity index (χ3v) is 7.13.